The summed E-state index contributed by atoms with van der Waals surface area (Å²) in [4.78, 5) is 23.2. The summed E-state index contributed by atoms with van der Waals surface area (Å²) in [6, 6.07) is 29.3. The zero-order chi connectivity index (χ0) is 65.2. The molecular weight excluding hydrogens is 1340 g/mol. The van der Waals surface area contributed by atoms with Gasteiger partial charge in [0.05, 0.1) is 56.3 Å². The maximum atomic E-state index is 13.1. The number of halogens is 10. The first kappa shape index (κ1) is 70.8. The summed E-state index contributed by atoms with van der Waals surface area (Å²) in [6.45, 7) is 10.9. The van der Waals surface area contributed by atoms with Crippen LogP contribution in [0.4, 0.5) is 54.9 Å². The second-order valence-corrected chi connectivity index (χ2v) is 30.9. The Hall–Kier alpha value is -6.32. The Morgan fingerprint density at radius 1 is 0.455 bits per heavy atom. The molecule has 0 saturated heterocycles. The molecule has 6 heterocycles. The number of benzene rings is 3. The highest BCUT2D eigenvalue weighted by molar-refractivity contribution is 9.10. The number of aryl methyl sites for hydroxylation is 3. The van der Waals surface area contributed by atoms with Crippen molar-refractivity contribution in [1.29, 1.82) is 0 Å². The van der Waals surface area contributed by atoms with Crippen LogP contribution in [0.5, 0.6) is 0 Å². The van der Waals surface area contributed by atoms with Crippen molar-refractivity contribution in [1.82, 2.24) is 29.9 Å². The highest BCUT2D eigenvalue weighted by Crippen LogP contribution is 2.36. The molecule has 0 aliphatic heterocycles. The molecule has 0 aliphatic carbocycles. The standard InChI is InChI=1S/2C19H18F3N3OS2.C12H11BrF3N3OS2.C7H9BO2/c2*1-12-4-6-14(7-5-12)16-11-27-18(24-16)25-28(3,26)13(2)15-8-9-17(23-10-15)19(20,21)22;1-7(8-3-4-9(17-5-8)12(14,15)16)22(2,20)19-11-18-10(13)6-21-11;1-6-2-4-7(5-3-6)8(9)10/h2*4-11,13H,1-3H3;3-7H,1-2H3;2-5,9-10H,1H3. The van der Waals surface area contributed by atoms with Crippen LogP contribution >= 0.6 is 49.9 Å². The molecule has 468 valence electrons. The van der Waals surface area contributed by atoms with Gasteiger partial charge < -0.3 is 10.0 Å². The SMILES string of the molecule is CC(c1ccc(C(F)(F)F)nc1)S(C)(=O)=Nc1nc(Br)cs1.Cc1ccc(-c2csc(N=S(C)(=O)C(C)c3ccc(C(F)(F)F)nc3)n2)cc1.Cc1ccc(-c2csc(N=S(C)(=O)C(C)c3ccc(C(F)(F)F)nc3)n2)cc1.Cc1ccc(B(O)O)cc1. The topological polar surface area (TPSA) is 206 Å². The van der Waals surface area contributed by atoms with Gasteiger partial charge in [-0.15, -0.1) is 34.0 Å². The lowest BCUT2D eigenvalue weighted by molar-refractivity contribution is -0.142. The molecule has 0 amide bonds. The van der Waals surface area contributed by atoms with Crippen molar-refractivity contribution in [3.63, 3.8) is 0 Å². The van der Waals surface area contributed by atoms with E-state index < -0.39 is 87.7 Å². The zero-order valence-corrected chi connectivity index (χ0v) is 54.5. The Labute approximate surface area is 524 Å². The predicted octanol–water partition coefficient (Wildman–Crippen LogP) is 16.5. The minimum atomic E-state index is -4.51. The molecule has 6 atom stereocenters. The van der Waals surface area contributed by atoms with Gasteiger partial charge in [-0.05, 0) is 97.8 Å². The Morgan fingerprint density at radius 3 is 0.989 bits per heavy atom. The molecule has 2 N–H and O–H groups in total. The Morgan fingerprint density at radius 2 is 0.739 bits per heavy atom. The van der Waals surface area contributed by atoms with Gasteiger partial charge in [0.1, 0.15) is 21.7 Å². The number of aromatic nitrogens is 6. The third-order valence-electron chi connectivity index (χ3n) is 12.9. The maximum Gasteiger partial charge on any atom is 0.488 e. The molecule has 6 aromatic heterocycles. The number of alkyl halides is 9. The third-order valence-corrected chi connectivity index (χ3v) is 22.5. The average Bonchev–Trinajstić information content (AvgIpc) is 4.00. The van der Waals surface area contributed by atoms with Crippen LogP contribution in [0.3, 0.4) is 0 Å². The molecule has 0 bridgehead atoms. The van der Waals surface area contributed by atoms with E-state index >= 15 is 0 Å². The van der Waals surface area contributed by atoms with Crippen LogP contribution in [-0.2, 0) is 47.7 Å². The van der Waals surface area contributed by atoms with Crippen LogP contribution in [0, 0.1) is 20.8 Å². The van der Waals surface area contributed by atoms with Crippen molar-refractivity contribution in [2.45, 2.75) is 75.8 Å². The quantitative estimate of drug-likeness (QED) is 0.0869. The van der Waals surface area contributed by atoms with Gasteiger partial charge in [0.2, 0.25) is 15.4 Å². The fraction of sp³-hybridized carbons (Fsp3) is 0.263. The molecule has 0 spiro atoms. The highest BCUT2D eigenvalue weighted by Gasteiger charge is 2.35. The molecule has 0 fully saturated rings. The first-order valence-corrected chi connectivity index (χ1v) is 35.1. The van der Waals surface area contributed by atoms with Gasteiger partial charge >= 0.3 is 25.6 Å². The second kappa shape index (κ2) is 29.5. The van der Waals surface area contributed by atoms with E-state index in [1.54, 1.807) is 38.3 Å². The summed E-state index contributed by atoms with van der Waals surface area (Å²) in [5.74, 6) is 0. The van der Waals surface area contributed by atoms with Gasteiger partial charge in [-0.2, -0.15) is 52.6 Å². The Bertz CT molecular complexity index is 3990. The highest BCUT2D eigenvalue weighted by atomic mass is 79.9. The summed E-state index contributed by atoms with van der Waals surface area (Å²) in [5.41, 5.74) is 5.62. The van der Waals surface area contributed by atoms with Crippen molar-refractivity contribution in [2.24, 2.45) is 13.1 Å². The van der Waals surface area contributed by atoms with Crippen LogP contribution in [0.25, 0.3) is 22.5 Å². The van der Waals surface area contributed by atoms with E-state index in [0.29, 0.717) is 42.2 Å². The fourth-order valence-corrected chi connectivity index (χ4v) is 14.6. The lowest BCUT2D eigenvalue weighted by Gasteiger charge is -2.14. The van der Waals surface area contributed by atoms with Gasteiger partial charge in [-0.25, -0.2) is 27.6 Å². The lowest BCUT2D eigenvalue weighted by atomic mass is 9.80. The van der Waals surface area contributed by atoms with Crippen molar-refractivity contribution in [3.05, 3.63) is 199 Å². The molecule has 31 heteroatoms. The summed E-state index contributed by atoms with van der Waals surface area (Å²) in [7, 11) is -9.64. The smallest absolute Gasteiger partial charge is 0.423 e. The number of hydrogen-bond donors (Lipinski definition) is 2. The van der Waals surface area contributed by atoms with Crippen molar-refractivity contribution in [3.8, 4) is 22.5 Å². The maximum absolute atomic E-state index is 13.1. The van der Waals surface area contributed by atoms with Crippen LogP contribution in [-0.4, -0.2) is 78.5 Å². The van der Waals surface area contributed by atoms with Crippen molar-refractivity contribution >= 4 is 107 Å². The van der Waals surface area contributed by atoms with E-state index in [-0.39, 0.29) is 0 Å². The number of nitrogens with zero attached hydrogens (tertiary/aromatic N) is 9. The summed E-state index contributed by atoms with van der Waals surface area (Å²) in [5, 5.41) is 22.0. The van der Waals surface area contributed by atoms with Gasteiger partial charge in [0.15, 0.2) is 0 Å². The number of thiazole rings is 3. The number of pyridine rings is 3. The zero-order valence-electron chi connectivity index (χ0n) is 48.0. The van der Waals surface area contributed by atoms with Crippen molar-refractivity contribution < 1.29 is 62.2 Å². The number of hydrogen-bond acceptors (Lipinski definition) is 17. The molecule has 9 rings (SSSR count). The van der Waals surface area contributed by atoms with Crippen LogP contribution < -0.4 is 5.46 Å². The summed E-state index contributed by atoms with van der Waals surface area (Å²) < 4.78 is 166. The lowest BCUT2D eigenvalue weighted by Crippen LogP contribution is -2.29. The molecule has 14 nitrogen and oxygen atoms in total. The van der Waals surface area contributed by atoms with E-state index in [0.717, 1.165) is 76.0 Å². The minimum Gasteiger partial charge on any atom is -0.423 e. The van der Waals surface area contributed by atoms with E-state index in [2.05, 4.69) is 58.9 Å². The third kappa shape index (κ3) is 20.4. The van der Waals surface area contributed by atoms with Gasteiger partial charge in [-0.3, -0.25) is 15.0 Å². The predicted molar refractivity (Wildman–Crippen MR) is 337 cm³/mol. The number of rotatable bonds is 12. The summed E-state index contributed by atoms with van der Waals surface area (Å²) in [6.07, 6.45) is -5.82. The average molecular weight is 1400 g/mol. The summed E-state index contributed by atoms with van der Waals surface area (Å²) >= 11 is 6.95. The molecule has 0 aliphatic rings. The Kier molecular flexibility index (Phi) is 23.8. The molecule has 3 aromatic carbocycles. The largest absolute Gasteiger partial charge is 0.488 e. The minimum absolute atomic E-state index is 0.353. The molecule has 6 unspecified atom stereocenters. The first-order valence-electron chi connectivity index (χ1n) is 25.7. The van der Waals surface area contributed by atoms with Gasteiger partial charge in [0.25, 0.3) is 0 Å². The van der Waals surface area contributed by atoms with Gasteiger partial charge in [0, 0.05) is 64.6 Å². The second-order valence-electron chi connectivity index (χ2n) is 19.7. The Balaban J connectivity index is 0.000000196. The van der Waals surface area contributed by atoms with E-state index in [1.807, 2.05) is 92.2 Å². The van der Waals surface area contributed by atoms with E-state index in [9.17, 15) is 52.1 Å². The van der Waals surface area contributed by atoms with Gasteiger partial charge in [-0.1, -0.05) is 108 Å². The molecule has 9 aromatic rings. The molecule has 88 heavy (non-hydrogen) atoms. The fourth-order valence-electron chi connectivity index (χ4n) is 7.25. The van der Waals surface area contributed by atoms with E-state index in [1.165, 1.54) is 71.0 Å². The first-order chi connectivity index (χ1) is 40.9. The van der Waals surface area contributed by atoms with Crippen molar-refractivity contribution in [2.75, 3.05) is 18.8 Å². The molecule has 0 radical (unpaired) electrons. The van der Waals surface area contributed by atoms with Crippen LogP contribution in [0.2, 0.25) is 0 Å². The molecular formula is C57H56BBrF9N9O5S6. The normalized spacial score (nSPS) is 14.7. The monoisotopic (exact) mass is 1400 g/mol. The van der Waals surface area contributed by atoms with Crippen LogP contribution in [0.1, 0.15) is 87.0 Å². The van der Waals surface area contributed by atoms with Crippen LogP contribution in [0.15, 0.2) is 162 Å². The van der Waals surface area contributed by atoms with E-state index in [4.69, 9.17) is 10.0 Å². The molecule has 0 saturated carbocycles.